The second-order valence-corrected chi connectivity index (χ2v) is 8.85. The molecule has 1 aliphatic rings. The average molecular weight is 398 g/mol. The molecule has 1 saturated heterocycles. The Balaban J connectivity index is 1.84. The van der Waals surface area contributed by atoms with Crippen molar-refractivity contribution >= 4 is 21.6 Å². The summed E-state index contributed by atoms with van der Waals surface area (Å²) in [5.41, 5.74) is 1.95. The summed E-state index contributed by atoms with van der Waals surface area (Å²) in [6.07, 6.45) is 3.83. The van der Waals surface area contributed by atoms with Gasteiger partial charge in [0.2, 0.25) is 10.0 Å². The Morgan fingerprint density at radius 2 is 1.68 bits per heavy atom. The summed E-state index contributed by atoms with van der Waals surface area (Å²) in [6.45, 7) is 2.82. The van der Waals surface area contributed by atoms with Crippen molar-refractivity contribution in [2.75, 3.05) is 18.4 Å². The molecule has 146 valence electrons. The minimum atomic E-state index is -3.60. The van der Waals surface area contributed by atoms with E-state index in [0.29, 0.717) is 35.5 Å². The highest BCUT2D eigenvalue weighted by Crippen LogP contribution is 2.26. The van der Waals surface area contributed by atoms with Gasteiger partial charge in [-0.15, -0.1) is 0 Å². The van der Waals surface area contributed by atoms with Gasteiger partial charge in [-0.3, -0.25) is 4.79 Å². The lowest BCUT2D eigenvalue weighted by molar-refractivity contribution is 0.102. The van der Waals surface area contributed by atoms with Crippen LogP contribution in [0.15, 0.2) is 47.4 Å². The minimum absolute atomic E-state index is 0.229. The summed E-state index contributed by atoms with van der Waals surface area (Å²) in [4.78, 5) is 12.7. The molecule has 1 aliphatic heterocycles. The maximum atomic E-state index is 13.1. The number of anilines is 1. The quantitative estimate of drug-likeness (QED) is 0.852. The third-order valence-electron chi connectivity index (χ3n) is 4.91. The van der Waals surface area contributed by atoms with Gasteiger partial charge in [0, 0.05) is 24.3 Å². The Hall–Kier alpha value is -2.69. The second-order valence-electron chi connectivity index (χ2n) is 6.94. The summed E-state index contributed by atoms with van der Waals surface area (Å²) < 4.78 is 27.8. The zero-order chi connectivity index (χ0) is 20.1. The molecule has 1 heterocycles. The molecule has 7 heteroatoms. The van der Waals surface area contributed by atoms with E-state index in [9.17, 15) is 13.2 Å². The first-order valence-electron chi connectivity index (χ1n) is 9.34. The standard InChI is InChI=1S/C21H23N3O3S/c1-16-6-11-19(23-21(25)18-9-7-17(15-22)8-10-18)14-20(16)28(26,27)24-12-4-2-3-5-13-24/h6-11,14H,2-5,12-13H2,1H3,(H,23,25). The zero-order valence-corrected chi connectivity index (χ0v) is 16.6. The van der Waals surface area contributed by atoms with Crippen molar-refractivity contribution in [2.45, 2.75) is 37.5 Å². The molecule has 2 aromatic carbocycles. The summed E-state index contributed by atoms with van der Waals surface area (Å²) in [7, 11) is -3.60. The largest absolute Gasteiger partial charge is 0.322 e. The topological polar surface area (TPSA) is 90.3 Å². The van der Waals surface area contributed by atoms with Crippen LogP contribution in [0.25, 0.3) is 0 Å². The van der Waals surface area contributed by atoms with Crippen LogP contribution in [0, 0.1) is 18.3 Å². The molecule has 1 amide bonds. The molecular weight excluding hydrogens is 374 g/mol. The Morgan fingerprint density at radius 3 is 2.29 bits per heavy atom. The number of sulfonamides is 1. The molecule has 0 bridgehead atoms. The van der Waals surface area contributed by atoms with Gasteiger partial charge in [-0.05, 0) is 61.7 Å². The number of hydrogen-bond donors (Lipinski definition) is 1. The lowest BCUT2D eigenvalue weighted by Gasteiger charge is -2.21. The summed E-state index contributed by atoms with van der Waals surface area (Å²) >= 11 is 0. The molecule has 2 aromatic rings. The van der Waals surface area contributed by atoms with Crippen LogP contribution >= 0.6 is 0 Å². The number of benzene rings is 2. The monoisotopic (exact) mass is 397 g/mol. The first-order valence-corrected chi connectivity index (χ1v) is 10.8. The van der Waals surface area contributed by atoms with Crippen LogP contribution in [-0.2, 0) is 10.0 Å². The number of rotatable bonds is 4. The van der Waals surface area contributed by atoms with Crippen molar-refractivity contribution in [3.05, 3.63) is 59.2 Å². The van der Waals surface area contributed by atoms with E-state index < -0.39 is 10.0 Å². The van der Waals surface area contributed by atoms with E-state index in [1.807, 2.05) is 6.07 Å². The number of carbonyl (C=O) groups excluding carboxylic acids is 1. The Bertz CT molecular complexity index is 1000. The van der Waals surface area contributed by atoms with Gasteiger partial charge in [0.05, 0.1) is 16.5 Å². The van der Waals surface area contributed by atoms with Gasteiger partial charge in [-0.25, -0.2) is 8.42 Å². The predicted octanol–water partition coefficient (Wildman–Crippen LogP) is 3.68. The SMILES string of the molecule is Cc1ccc(NC(=O)c2ccc(C#N)cc2)cc1S(=O)(=O)N1CCCCCC1. The van der Waals surface area contributed by atoms with Crippen molar-refractivity contribution in [3.63, 3.8) is 0 Å². The van der Waals surface area contributed by atoms with Gasteiger partial charge in [0.15, 0.2) is 0 Å². The van der Waals surface area contributed by atoms with Crippen LogP contribution < -0.4 is 5.32 Å². The molecule has 6 nitrogen and oxygen atoms in total. The van der Waals surface area contributed by atoms with E-state index in [1.54, 1.807) is 47.6 Å². The molecule has 3 rings (SSSR count). The number of carbonyl (C=O) groups is 1. The van der Waals surface area contributed by atoms with Gasteiger partial charge in [-0.1, -0.05) is 18.9 Å². The van der Waals surface area contributed by atoms with E-state index >= 15 is 0 Å². The summed E-state index contributed by atoms with van der Waals surface area (Å²) in [5, 5.41) is 11.6. The number of nitriles is 1. The third-order valence-corrected chi connectivity index (χ3v) is 6.95. The normalized spacial score (nSPS) is 15.4. The summed E-state index contributed by atoms with van der Waals surface area (Å²) in [5.74, 6) is -0.355. The van der Waals surface area contributed by atoms with E-state index in [2.05, 4.69) is 5.32 Å². The van der Waals surface area contributed by atoms with Crippen molar-refractivity contribution in [1.29, 1.82) is 5.26 Å². The molecule has 0 atom stereocenters. The Labute approximate surface area is 165 Å². The number of nitrogens with one attached hydrogen (secondary N) is 1. The Kier molecular flexibility index (Phi) is 6.12. The number of nitrogens with zero attached hydrogens (tertiary/aromatic N) is 2. The summed E-state index contributed by atoms with van der Waals surface area (Å²) in [6, 6.07) is 13.2. The van der Waals surface area contributed by atoms with Crippen LogP contribution in [0.1, 0.15) is 47.2 Å². The zero-order valence-electron chi connectivity index (χ0n) is 15.8. The number of aryl methyl sites for hydroxylation is 1. The van der Waals surface area contributed by atoms with Crippen molar-refractivity contribution in [2.24, 2.45) is 0 Å². The van der Waals surface area contributed by atoms with E-state index in [4.69, 9.17) is 5.26 Å². The smallest absolute Gasteiger partial charge is 0.255 e. The molecule has 0 saturated carbocycles. The lowest BCUT2D eigenvalue weighted by atomic mass is 10.1. The van der Waals surface area contributed by atoms with Gasteiger partial charge in [0.25, 0.3) is 5.91 Å². The van der Waals surface area contributed by atoms with Crippen molar-refractivity contribution in [3.8, 4) is 6.07 Å². The van der Waals surface area contributed by atoms with E-state index in [-0.39, 0.29) is 10.8 Å². The maximum Gasteiger partial charge on any atom is 0.255 e. The first-order chi connectivity index (χ1) is 13.4. The number of amides is 1. The molecule has 1 fully saturated rings. The lowest BCUT2D eigenvalue weighted by Crippen LogP contribution is -2.32. The van der Waals surface area contributed by atoms with E-state index in [1.165, 1.54) is 6.07 Å². The highest BCUT2D eigenvalue weighted by molar-refractivity contribution is 7.89. The highest BCUT2D eigenvalue weighted by atomic mass is 32.2. The average Bonchev–Trinajstić information content (AvgIpc) is 2.99. The molecule has 1 N–H and O–H groups in total. The third kappa shape index (κ3) is 4.41. The minimum Gasteiger partial charge on any atom is -0.322 e. The molecule has 28 heavy (non-hydrogen) atoms. The molecule has 0 radical (unpaired) electrons. The van der Waals surface area contributed by atoms with Crippen LogP contribution in [-0.4, -0.2) is 31.7 Å². The predicted molar refractivity (Wildman–Crippen MR) is 108 cm³/mol. The second kappa shape index (κ2) is 8.55. The molecule has 0 aliphatic carbocycles. The fourth-order valence-corrected chi connectivity index (χ4v) is 5.04. The van der Waals surface area contributed by atoms with Crippen LogP contribution in [0.4, 0.5) is 5.69 Å². The van der Waals surface area contributed by atoms with Crippen LogP contribution in [0.3, 0.4) is 0 Å². The van der Waals surface area contributed by atoms with Gasteiger partial charge < -0.3 is 5.32 Å². The fraction of sp³-hybridized carbons (Fsp3) is 0.333. The molecule has 0 unspecified atom stereocenters. The number of hydrogen-bond acceptors (Lipinski definition) is 4. The molecule has 0 spiro atoms. The van der Waals surface area contributed by atoms with Crippen LogP contribution in [0.2, 0.25) is 0 Å². The van der Waals surface area contributed by atoms with Crippen molar-refractivity contribution < 1.29 is 13.2 Å². The van der Waals surface area contributed by atoms with Gasteiger partial charge >= 0.3 is 0 Å². The highest BCUT2D eigenvalue weighted by Gasteiger charge is 2.27. The molecule has 0 aromatic heterocycles. The first kappa shape index (κ1) is 20.1. The van der Waals surface area contributed by atoms with E-state index in [0.717, 1.165) is 25.7 Å². The Morgan fingerprint density at radius 1 is 1.04 bits per heavy atom. The van der Waals surface area contributed by atoms with Gasteiger partial charge in [-0.2, -0.15) is 9.57 Å². The fourth-order valence-electron chi connectivity index (χ4n) is 3.28. The van der Waals surface area contributed by atoms with Gasteiger partial charge in [0.1, 0.15) is 0 Å². The van der Waals surface area contributed by atoms with Crippen molar-refractivity contribution in [1.82, 2.24) is 4.31 Å². The van der Waals surface area contributed by atoms with Crippen LogP contribution in [0.5, 0.6) is 0 Å². The molecular formula is C21H23N3O3S. The maximum absolute atomic E-state index is 13.1.